The summed E-state index contributed by atoms with van der Waals surface area (Å²) in [7, 11) is -4.14. The van der Waals surface area contributed by atoms with E-state index < -0.39 is 32.2 Å². The summed E-state index contributed by atoms with van der Waals surface area (Å²) in [6.45, 7) is -0.147. The number of anilines is 1. The van der Waals surface area contributed by atoms with Crippen molar-refractivity contribution in [3.8, 4) is 0 Å². The fraction of sp³-hybridized carbons (Fsp3) is 0.100. The molecule has 0 aliphatic rings. The number of hydrogen-bond acceptors (Lipinski definition) is 4. The number of nitrogens with two attached hydrogens (primary N) is 1. The molecule has 1 heterocycles. The molecule has 9 heteroatoms. The molecule has 0 spiro atoms. The number of aromatic nitrogens is 2. The van der Waals surface area contributed by atoms with Gasteiger partial charge in [-0.1, -0.05) is 0 Å². The molecule has 1 aromatic heterocycles. The van der Waals surface area contributed by atoms with Gasteiger partial charge in [-0.05, 0) is 12.1 Å². The number of H-pyrrole nitrogens is 1. The fourth-order valence-corrected chi connectivity index (χ4v) is 2.47. The summed E-state index contributed by atoms with van der Waals surface area (Å²) in [5.74, 6) is -1.96. The van der Waals surface area contributed by atoms with Crippen molar-refractivity contribution >= 4 is 15.7 Å². The van der Waals surface area contributed by atoms with Crippen molar-refractivity contribution in [3.63, 3.8) is 0 Å². The zero-order valence-corrected chi connectivity index (χ0v) is 10.3. The van der Waals surface area contributed by atoms with E-state index >= 15 is 0 Å². The van der Waals surface area contributed by atoms with E-state index in [4.69, 9.17) is 5.73 Å². The first-order valence-electron chi connectivity index (χ1n) is 5.13. The monoisotopic (exact) mass is 288 g/mol. The minimum atomic E-state index is -4.14. The average molecular weight is 288 g/mol. The van der Waals surface area contributed by atoms with Gasteiger partial charge in [0.25, 0.3) is 0 Å². The zero-order chi connectivity index (χ0) is 14.0. The van der Waals surface area contributed by atoms with Crippen LogP contribution in [0.15, 0.2) is 29.4 Å². The minimum absolute atomic E-state index is 0.147. The predicted molar refractivity (Wildman–Crippen MR) is 63.4 cm³/mol. The number of hydrogen-bond donors (Lipinski definition) is 3. The summed E-state index contributed by atoms with van der Waals surface area (Å²) in [4.78, 5) is 5.78. The zero-order valence-electron chi connectivity index (χ0n) is 9.52. The number of nitrogens with zero attached hydrogens (tertiary/aromatic N) is 1. The van der Waals surface area contributed by atoms with Gasteiger partial charge in [0, 0.05) is 12.4 Å². The summed E-state index contributed by atoms with van der Waals surface area (Å²) in [6, 6.07) is 1.60. The highest BCUT2D eigenvalue weighted by molar-refractivity contribution is 7.89. The Morgan fingerprint density at radius 2 is 2.11 bits per heavy atom. The van der Waals surface area contributed by atoms with Crippen LogP contribution in [0.2, 0.25) is 0 Å². The predicted octanol–water partition coefficient (Wildman–Crippen LogP) is 0.749. The Bertz CT molecular complexity index is 686. The summed E-state index contributed by atoms with van der Waals surface area (Å²) < 4.78 is 52.4. The molecule has 2 rings (SSSR count). The molecule has 4 N–H and O–H groups in total. The third-order valence-electron chi connectivity index (χ3n) is 2.37. The van der Waals surface area contributed by atoms with Gasteiger partial charge < -0.3 is 10.7 Å². The van der Waals surface area contributed by atoms with E-state index in [1.165, 1.54) is 12.4 Å². The molecule has 0 aliphatic carbocycles. The molecule has 0 amide bonds. The molecule has 2 aromatic rings. The van der Waals surface area contributed by atoms with Crippen LogP contribution in [0.5, 0.6) is 0 Å². The molecule has 0 saturated carbocycles. The number of nitrogens with one attached hydrogen (secondary N) is 2. The van der Waals surface area contributed by atoms with Crippen molar-refractivity contribution < 1.29 is 17.2 Å². The topological polar surface area (TPSA) is 101 Å². The first kappa shape index (κ1) is 13.4. The smallest absolute Gasteiger partial charge is 0.243 e. The molecular formula is C10H10F2N4O2S. The first-order valence-corrected chi connectivity index (χ1v) is 6.61. The molecule has 1 aromatic carbocycles. The van der Waals surface area contributed by atoms with Gasteiger partial charge in [-0.3, -0.25) is 0 Å². The number of sulfonamides is 1. The molecule has 0 saturated heterocycles. The number of benzene rings is 1. The molecule has 0 atom stereocenters. The Balaban J connectivity index is 2.27. The van der Waals surface area contributed by atoms with E-state index in [9.17, 15) is 17.2 Å². The van der Waals surface area contributed by atoms with Crippen LogP contribution in [-0.4, -0.2) is 18.4 Å². The fourth-order valence-electron chi connectivity index (χ4n) is 1.39. The van der Waals surface area contributed by atoms with E-state index in [0.717, 1.165) is 12.1 Å². The van der Waals surface area contributed by atoms with Gasteiger partial charge in [-0.25, -0.2) is 26.9 Å². The van der Waals surface area contributed by atoms with E-state index in [0.29, 0.717) is 5.82 Å². The second-order valence-corrected chi connectivity index (χ2v) is 5.37. The van der Waals surface area contributed by atoms with Gasteiger partial charge in [0.1, 0.15) is 22.2 Å². The number of aromatic amines is 1. The van der Waals surface area contributed by atoms with Crippen LogP contribution in [0.3, 0.4) is 0 Å². The Kier molecular flexibility index (Phi) is 3.49. The quantitative estimate of drug-likeness (QED) is 0.722. The molecule has 102 valence electrons. The Labute approximate surface area is 107 Å². The van der Waals surface area contributed by atoms with E-state index in [-0.39, 0.29) is 6.54 Å². The van der Waals surface area contributed by atoms with Crippen LogP contribution >= 0.6 is 0 Å². The van der Waals surface area contributed by atoms with Crippen molar-refractivity contribution in [2.75, 3.05) is 5.73 Å². The largest absolute Gasteiger partial charge is 0.394 e. The van der Waals surface area contributed by atoms with Crippen LogP contribution in [0.4, 0.5) is 14.5 Å². The number of rotatable bonds is 4. The van der Waals surface area contributed by atoms with Crippen LogP contribution < -0.4 is 10.5 Å². The van der Waals surface area contributed by atoms with Crippen molar-refractivity contribution in [2.24, 2.45) is 0 Å². The SMILES string of the molecule is Nc1c(F)ccc(S(=O)(=O)NCc2ncc[nH]2)c1F. The standard InChI is InChI=1S/C10H10F2N4O2S/c11-6-1-2-7(9(12)10(6)13)19(17,18)16-5-8-14-3-4-15-8/h1-4,16H,5,13H2,(H,14,15). The first-order chi connectivity index (χ1) is 8.92. The second-order valence-electron chi connectivity index (χ2n) is 3.63. The van der Waals surface area contributed by atoms with Gasteiger partial charge in [0.15, 0.2) is 5.82 Å². The molecule has 0 aliphatic heterocycles. The summed E-state index contributed by atoms with van der Waals surface area (Å²) in [5.41, 5.74) is 4.28. The maximum atomic E-state index is 13.6. The third kappa shape index (κ3) is 2.71. The van der Waals surface area contributed by atoms with Crippen LogP contribution in [0.25, 0.3) is 0 Å². The summed E-state index contributed by atoms with van der Waals surface area (Å²) in [6.07, 6.45) is 2.96. The lowest BCUT2D eigenvalue weighted by Gasteiger charge is -2.08. The Hall–Kier alpha value is -2.00. The summed E-state index contributed by atoms with van der Waals surface area (Å²) in [5, 5.41) is 0. The normalized spacial score (nSPS) is 11.7. The van der Waals surface area contributed by atoms with Gasteiger partial charge in [-0.15, -0.1) is 0 Å². The third-order valence-corrected chi connectivity index (χ3v) is 3.78. The second kappa shape index (κ2) is 4.94. The van der Waals surface area contributed by atoms with Gasteiger partial charge >= 0.3 is 0 Å². The van der Waals surface area contributed by atoms with Crippen molar-refractivity contribution in [1.29, 1.82) is 0 Å². The highest BCUT2D eigenvalue weighted by Crippen LogP contribution is 2.22. The maximum Gasteiger partial charge on any atom is 0.243 e. The van der Waals surface area contributed by atoms with Gasteiger partial charge in [-0.2, -0.15) is 0 Å². The highest BCUT2D eigenvalue weighted by atomic mass is 32.2. The molecule has 0 unspecified atom stereocenters. The Morgan fingerprint density at radius 3 is 2.74 bits per heavy atom. The lowest BCUT2D eigenvalue weighted by Crippen LogP contribution is -2.25. The minimum Gasteiger partial charge on any atom is -0.394 e. The van der Waals surface area contributed by atoms with Crippen LogP contribution in [-0.2, 0) is 16.6 Å². The summed E-state index contributed by atoms with van der Waals surface area (Å²) >= 11 is 0. The molecule has 6 nitrogen and oxygen atoms in total. The van der Waals surface area contributed by atoms with Gasteiger partial charge in [0.2, 0.25) is 10.0 Å². The lowest BCUT2D eigenvalue weighted by atomic mass is 10.3. The highest BCUT2D eigenvalue weighted by Gasteiger charge is 2.22. The van der Waals surface area contributed by atoms with Crippen LogP contribution in [0.1, 0.15) is 5.82 Å². The van der Waals surface area contributed by atoms with Crippen molar-refractivity contribution in [3.05, 3.63) is 42.0 Å². The van der Waals surface area contributed by atoms with E-state index in [1.54, 1.807) is 0 Å². The van der Waals surface area contributed by atoms with Crippen LogP contribution in [0, 0.1) is 11.6 Å². The number of halogens is 2. The maximum absolute atomic E-state index is 13.6. The molecule has 0 radical (unpaired) electrons. The lowest BCUT2D eigenvalue weighted by molar-refractivity contribution is 0.547. The van der Waals surface area contributed by atoms with Crippen molar-refractivity contribution in [1.82, 2.24) is 14.7 Å². The van der Waals surface area contributed by atoms with Crippen molar-refractivity contribution in [2.45, 2.75) is 11.4 Å². The molecule has 19 heavy (non-hydrogen) atoms. The van der Waals surface area contributed by atoms with E-state index in [1.807, 2.05) is 0 Å². The van der Waals surface area contributed by atoms with E-state index in [2.05, 4.69) is 14.7 Å². The molecule has 0 fully saturated rings. The molecule has 0 bridgehead atoms. The Morgan fingerprint density at radius 1 is 1.37 bits per heavy atom. The van der Waals surface area contributed by atoms with Gasteiger partial charge in [0.05, 0.1) is 6.54 Å². The molecular weight excluding hydrogens is 278 g/mol. The number of nitrogen functional groups attached to an aromatic ring is 1. The average Bonchev–Trinajstić information content (AvgIpc) is 2.86. The number of imidazole rings is 1.